The molecular formula is C25H29BNO. The lowest BCUT2D eigenvalue weighted by atomic mass is 9.57. The van der Waals surface area contributed by atoms with E-state index in [1.807, 2.05) is 30.3 Å². The number of fused-ring (bicyclic) bond motifs is 1. The van der Waals surface area contributed by atoms with Gasteiger partial charge in [-0.1, -0.05) is 74.9 Å². The predicted octanol–water partition coefficient (Wildman–Crippen LogP) is 5.35. The summed E-state index contributed by atoms with van der Waals surface area (Å²) in [6.45, 7) is 10.5. The normalized spacial score (nSPS) is 15.2. The van der Waals surface area contributed by atoms with E-state index < -0.39 is 0 Å². The molecule has 3 heteroatoms. The Morgan fingerprint density at radius 2 is 1.89 bits per heavy atom. The number of rotatable bonds is 9. The number of allylic oxidation sites excluding steroid dienone is 2. The minimum absolute atomic E-state index is 0.210. The van der Waals surface area contributed by atoms with E-state index in [-0.39, 0.29) is 5.78 Å². The summed E-state index contributed by atoms with van der Waals surface area (Å²) >= 11 is 0. The summed E-state index contributed by atoms with van der Waals surface area (Å²) in [5.74, 6) is 0.564. The summed E-state index contributed by atoms with van der Waals surface area (Å²) < 4.78 is 0. The van der Waals surface area contributed by atoms with E-state index in [0.717, 1.165) is 48.8 Å². The average molecular weight is 370 g/mol. The summed E-state index contributed by atoms with van der Waals surface area (Å²) in [5.41, 5.74) is 7.06. The lowest BCUT2D eigenvalue weighted by Crippen LogP contribution is -2.40. The molecule has 0 aromatic heterocycles. The number of carbonyl (C=O) groups is 1. The second-order valence-corrected chi connectivity index (χ2v) is 7.54. The molecule has 0 amide bonds. The first-order valence-electron chi connectivity index (χ1n) is 10.2. The van der Waals surface area contributed by atoms with Crippen LogP contribution in [0.2, 0.25) is 0 Å². The van der Waals surface area contributed by atoms with Gasteiger partial charge in [-0.2, -0.15) is 0 Å². The van der Waals surface area contributed by atoms with Crippen LogP contribution in [0, 0.1) is 0 Å². The van der Waals surface area contributed by atoms with Gasteiger partial charge in [-0.3, -0.25) is 4.79 Å². The molecule has 0 saturated carbocycles. The van der Waals surface area contributed by atoms with Crippen molar-refractivity contribution in [1.82, 2.24) is 5.32 Å². The fourth-order valence-corrected chi connectivity index (χ4v) is 3.82. The van der Waals surface area contributed by atoms with Crippen LogP contribution in [0.4, 0.5) is 0 Å². The van der Waals surface area contributed by atoms with Crippen LogP contribution in [0.25, 0.3) is 5.57 Å². The number of carbonyl (C=O) groups excluding carboxylic acids is 1. The van der Waals surface area contributed by atoms with Crippen molar-refractivity contribution >= 4 is 18.6 Å². The summed E-state index contributed by atoms with van der Waals surface area (Å²) in [7, 11) is 2.35. The van der Waals surface area contributed by atoms with Gasteiger partial charge in [-0.15, -0.1) is 0 Å². The summed E-state index contributed by atoms with van der Waals surface area (Å²) in [6, 6.07) is 16.1. The Hall–Kier alpha value is -2.55. The Morgan fingerprint density at radius 1 is 1.11 bits per heavy atom. The van der Waals surface area contributed by atoms with E-state index in [9.17, 15) is 4.79 Å². The molecule has 0 spiro atoms. The van der Waals surface area contributed by atoms with Crippen LogP contribution in [-0.4, -0.2) is 19.0 Å². The van der Waals surface area contributed by atoms with Crippen LogP contribution in [0.1, 0.15) is 59.7 Å². The van der Waals surface area contributed by atoms with Gasteiger partial charge in [-0.05, 0) is 53.9 Å². The third-order valence-electron chi connectivity index (χ3n) is 5.49. The number of nitrogens with one attached hydrogen (secondary N) is 1. The summed E-state index contributed by atoms with van der Waals surface area (Å²) in [4.78, 5) is 12.3. The van der Waals surface area contributed by atoms with Crippen LogP contribution in [0.5, 0.6) is 0 Å². The smallest absolute Gasteiger partial charge is 0.162 e. The van der Waals surface area contributed by atoms with Gasteiger partial charge >= 0.3 is 0 Å². The Bertz CT molecular complexity index is 856. The molecule has 28 heavy (non-hydrogen) atoms. The van der Waals surface area contributed by atoms with Crippen molar-refractivity contribution in [3.63, 3.8) is 0 Å². The fourth-order valence-electron chi connectivity index (χ4n) is 3.82. The second-order valence-electron chi connectivity index (χ2n) is 7.54. The molecule has 1 aliphatic heterocycles. The molecule has 0 saturated heterocycles. The van der Waals surface area contributed by atoms with Crippen molar-refractivity contribution in [3.8, 4) is 0 Å². The minimum atomic E-state index is 0.210. The highest BCUT2D eigenvalue weighted by Crippen LogP contribution is 2.29. The molecule has 0 bridgehead atoms. The van der Waals surface area contributed by atoms with Crippen molar-refractivity contribution in [3.05, 3.63) is 89.6 Å². The lowest BCUT2D eigenvalue weighted by Gasteiger charge is -2.28. The molecule has 1 heterocycles. The Labute approximate surface area is 170 Å². The molecule has 3 rings (SSSR count). The average Bonchev–Trinajstić information content (AvgIpc) is 2.73. The summed E-state index contributed by atoms with van der Waals surface area (Å²) in [5, 5.41) is 3.51. The second kappa shape index (κ2) is 9.59. The highest BCUT2D eigenvalue weighted by Gasteiger charge is 2.22. The van der Waals surface area contributed by atoms with E-state index in [0.29, 0.717) is 12.4 Å². The number of hydrogen-bond donors (Lipinski definition) is 1. The molecular weight excluding hydrogens is 341 g/mol. The largest absolute Gasteiger partial charge is 0.394 e. The fraction of sp³-hybridized carbons (Fsp3) is 0.320. The molecule has 0 fully saturated rings. The van der Waals surface area contributed by atoms with Crippen LogP contribution in [0.3, 0.4) is 0 Å². The maximum absolute atomic E-state index is 12.3. The van der Waals surface area contributed by atoms with E-state index in [1.165, 1.54) is 16.7 Å². The van der Waals surface area contributed by atoms with Gasteiger partial charge in [0, 0.05) is 17.7 Å². The minimum Gasteiger partial charge on any atom is -0.394 e. The standard InChI is InChI=1S/C25H29BNO/c1-4-19(3)27-25-16-21-13-9-14-22(23(21)17-26-25)18(2)10-8-15-24(28)20-11-6-5-7-12-20/h5-7,9,11-14,25,27H,2-4,8,10,15-17H2,1H3. The van der Waals surface area contributed by atoms with Crippen molar-refractivity contribution in [2.24, 2.45) is 0 Å². The van der Waals surface area contributed by atoms with Gasteiger partial charge in [0.2, 0.25) is 0 Å². The molecule has 1 N–H and O–H groups in total. The van der Waals surface area contributed by atoms with Crippen LogP contribution < -0.4 is 5.32 Å². The van der Waals surface area contributed by atoms with Crippen LogP contribution in [-0.2, 0) is 12.7 Å². The first-order valence-corrected chi connectivity index (χ1v) is 10.2. The number of benzene rings is 2. The van der Waals surface area contributed by atoms with Crippen molar-refractivity contribution in [1.29, 1.82) is 0 Å². The lowest BCUT2D eigenvalue weighted by molar-refractivity contribution is 0.0980. The van der Waals surface area contributed by atoms with Gasteiger partial charge in [0.1, 0.15) is 7.28 Å². The highest BCUT2D eigenvalue weighted by atomic mass is 16.1. The quantitative estimate of drug-likeness (QED) is 0.476. The van der Waals surface area contributed by atoms with E-state index in [1.54, 1.807) is 0 Å². The SMILES string of the molecule is C=C(CC)NC1[B]Cc2c(cccc2C(=C)CCCC(=O)c2ccccc2)C1. The zero-order valence-corrected chi connectivity index (χ0v) is 16.8. The van der Waals surface area contributed by atoms with Gasteiger partial charge < -0.3 is 5.32 Å². The maximum Gasteiger partial charge on any atom is 0.162 e. The molecule has 1 atom stereocenters. The third kappa shape index (κ3) is 5.04. The first-order chi connectivity index (χ1) is 13.6. The van der Waals surface area contributed by atoms with E-state index >= 15 is 0 Å². The van der Waals surface area contributed by atoms with Crippen molar-refractivity contribution in [2.75, 3.05) is 0 Å². The Morgan fingerprint density at radius 3 is 2.64 bits per heavy atom. The molecule has 2 aromatic carbocycles. The first kappa shape index (κ1) is 20.2. The molecule has 1 unspecified atom stereocenters. The third-order valence-corrected chi connectivity index (χ3v) is 5.49. The van der Waals surface area contributed by atoms with Crippen molar-refractivity contribution in [2.45, 2.75) is 51.3 Å². The zero-order chi connectivity index (χ0) is 19.9. The Kier molecular flexibility index (Phi) is 6.92. The highest BCUT2D eigenvalue weighted by molar-refractivity contribution is 6.38. The predicted molar refractivity (Wildman–Crippen MR) is 120 cm³/mol. The number of ketones is 1. The molecule has 2 aromatic rings. The number of hydrogen-bond acceptors (Lipinski definition) is 2. The van der Waals surface area contributed by atoms with Gasteiger partial charge in [0.05, 0.1) is 0 Å². The molecule has 143 valence electrons. The van der Waals surface area contributed by atoms with Crippen LogP contribution >= 0.6 is 0 Å². The van der Waals surface area contributed by atoms with Crippen molar-refractivity contribution < 1.29 is 4.79 Å². The molecule has 1 aliphatic rings. The molecule has 0 aliphatic carbocycles. The molecule has 2 nitrogen and oxygen atoms in total. The van der Waals surface area contributed by atoms with Crippen LogP contribution in [0.15, 0.2) is 67.4 Å². The zero-order valence-electron chi connectivity index (χ0n) is 16.8. The number of Topliss-reactive ketones (excluding diaryl/α,β-unsaturated/α-hetero) is 1. The molecule has 1 radical (unpaired) electrons. The van der Waals surface area contributed by atoms with Gasteiger partial charge in [-0.25, -0.2) is 0 Å². The monoisotopic (exact) mass is 370 g/mol. The Balaban J connectivity index is 1.58. The summed E-state index contributed by atoms with van der Waals surface area (Å²) in [6.07, 6.45) is 5.14. The maximum atomic E-state index is 12.3. The van der Waals surface area contributed by atoms with Gasteiger partial charge in [0.15, 0.2) is 5.78 Å². The van der Waals surface area contributed by atoms with E-state index in [2.05, 4.69) is 50.9 Å². The van der Waals surface area contributed by atoms with Gasteiger partial charge in [0.25, 0.3) is 0 Å². The topological polar surface area (TPSA) is 29.1 Å². The van der Waals surface area contributed by atoms with E-state index in [4.69, 9.17) is 0 Å².